The molecule has 1 heterocycles. The Hall–Kier alpha value is -3.31. The van der Waals surface area contributed by atoms with Gasteiger partial charge in [0.25, 0.3) is 0 Å². The summed E-state index contributed by atoms with van der Waals surface area (Å²) in [6.07, 6.45) is 13.3. The fourth-order valence-corrected chi connectivity index (χ4v) is 4.54. The first-order chi connectivity index (χ1) is 19.6. The maximum absolute atomic E-state index is 10.7. The van der Waals surface area contributed by atoms with Crippen molar-refractivity contribution in [3.63, 3.8) is 0 Å². The highest BCUT2D eigenvalue weighted by atomic mass is 16.6. The van der Waals surface area contributed by atoms with E-state index >= 15 is 0 Å². The number of benzene rings is 3. The van der Waals surface area contributed by atoms with Crippen molar-refractivity contribution in [3.05, 3.63) is 84.4 Å². The standard InChI is InChI=1S/C18H20O2.C17H26O3/c1-2-6-17-18(20-17)13-19-16-11-9-15(10-12-16)14-7-4-3-5-8-14;1-2-3-4-5-6-7-8-9-14-20-16-12-10-15(11-13-16)17(18)19/h3-5,7-12,17-18H,2,6,13H2,1H3;10-13H,2-9,14H2,1H3,(H,18,19)/t17-,18-;/m1./s1. The van der Waals surface area contributed by atoms with Gasteiger partial charge in [-0.25, -0.2) is 4.79 Å². The summed E-state index contributed by atoms with van der Waals surface area (Å²) < 4.78 is 16.9. The first-order valence-corrected chi connectivity index (χ1v) is 15.0. The van der Waals surface area contributed by atoms with Crippen LogP contribution >= 0.6 is 0 Å². The molecule has 0 spiro atoms. The largest absolute Gasteiger partial charge is 0.494 e. The fraction of sp³-hybridized carbons (Fsp3) is 0.457. The summed E-state index contributed by atoms with van der Waals surface area (Å²) in [5.74, 6) is 0.757. The molecular formula is C35H46O5. The van der Waals surface area contributed by atoms with Crippen LogP contribution in [-0.4, -0.2) is 36.5 Å². The molecule has 5 heteroatoms. The van der Waals surface area contributed by atoms with Gasteiger partial charge in [0.2, 0.25) is 0 Å². The van der Waals surface area contributed by atoms with E-state index in [4.69, 9.17) is 19.3 Å². The van der Waals surface area contributed by atoms with Crippen molar-refractivity contribution in [2.24, 2.45) is 0 Å². The molecule has 1 saturated heterocycles. The van der Waals surface area contributed by atoms with Crippen LogP contribution in [-0.2, 0) is 4.74 Å². The molecule has 0 saturated carbocycles. The molecule has 0 aliphatic carbocycles. The Kier molecular flexibility index (Phi) is 14.1. The predicted molar refractivity (Wildman–Crippen MR) is 162 cm³/mol. The average Bonchev–Trinajstić information content (AvgIpc) is 3.74. The van der Waals surface area contributed by atoms with Gasteiger partial charge in [0.15, 0.2) is 0 Å². The second-order valence-corrected chi connectivity index (χ2v) is 10.4. The van der Waals surface area contributed by atoms with E-state index < -0.39 is 5.97 Å². The highest BCUT2D eigenvalue weighted by molar-refractivity contribution is 5.87. The maximum Gasteiger partial charge on any atom is 0.335 e. The highest BCUT2D eigenvalue weighted by Gasteiger charge is 2.38. The van der Waals surface area contributed by atoms with Gasteiger partial charge in [0.1, 0.15) is 24.2 Å². The Labute approximate surface area is 240 Å². The summed E-state index contributed by atoms with van der Waals surface area (Å²) in [5, 5.41) is 8.79. The monoisotopic (exact) mass is 546 g/mol. The minimum absolute atomic E-state index is 0.295. The van der Waals surface area contributed by atoms with Crippen molar-refractivity contribution in [1.29, 1.82) is 0 Å². The number of carbonyl (C=O) groups is 1. The van der Waals surface area contributed by atoms with E-state index in [9.17, 15) is 4.79 Å². The number of rotatable bonds is 17. The van der Waals surface area contributed by atoms with Gasteiger partial charge < -0.3 is 19.3 Å². The predicted octanol–water partition coefficient (Wildman–Crippen LogP) is 9.20. The summed E-state index contributed by atoms with van der Waals surface area (Å²) in [6.45, 7) is 5.79. The zero-order valence-corrected chi connectivity index (χ0v) is 24.2. The van der Waals surface area contributed by atoms with Gasteiger partial charge in [-0.1, -0.05) is 108 Å². The molecular weight excluding hydrogens is 500 g/mol. The molecule has 216 valence electrons. The van der Waals surface area contributed by atoms with E-state index in [2.05, 4.69) is 50.2 Å². The van der Waals surface area contributed by atoms with Crippen LogP contribution < -0.4 is 9.47 Å². The summed E-state index contributed by atoms with van der Waals surface area (Å²) in [6, 6.07) is 25.2. The molecule has 4 rings (SSSR count). The van der Waals surface area contributed by atoms with Gasteiger partial charge in [-0.15, -0.1) is 0 Å². The lowest BCUT2D eigenvalue weighted by atomic mass is 10.1. The van der Waals surface area contributed by atoms with Crippen LogP contribution in [0.25, 0.3) is 11.1 Å². The zero-order chi connectivity index (χ0) is 28.4. The van der Waals surface area contributed by atoms with Gasteiger partial charge in [-0.3, -0.25) is 0 Å². The van der Waals surface area contributed by atoms with Crippen LogP contribution in [0.2, 0.25) is 0 Å². The lowest BCUT2D eigenvalue weighted by Crippen LogP contribution is -2.07. The third kappa shape index (κ3) is 11.8. The summed E-state index contributed by atoms with van der Waals surface area (Å²) in [5.41, 5.74) is 2.74. The normalized spacial score (nSPS) is 15.6. The lowest BCUT2D eigenvalue weighted by molar-refractivity contribution is 0.0697. The number of carboxylic acids is 1. The number of unbranched alkanes of at least 4 members (excludes halogenated alkanes) is 7. The Bertz CT molecular complexity index is 1080. The Morgan fingerprint density at radius 1 is 0.675 bits per heavy atom. The molecule has 1 N–H and O–H groups in total. The molecule has 3 aromatic rings. The second kappa shape index (κ2) is 18.1. The van der Waals surface area contributed by atoms with Gasteiger partial charge in [-0.2, -0.15) is 0 Å². The van der Waals surface area contributed by atoms with E-state index in [1.807, 2.05) is 18.2 Å². The van der Waals surface area contributed by atoms with E-state index in [-0.39, 0.29) is 0 Å². The third-order valence-electron chi connectivity index (χ3n) is 7.00. The van der Waals surface area contributed by atoms with Crippen molar-refractivity contribution in [2.45, 2.75) is 90.3 Å². The van der Waals surface area contributed by atoms with Crippen molar-refractivity contribution >= 4 is 5.97 Å². The Balaban J connectivity index is 0.000000220. The van der Waals surface area contributed by atoms with Crippen LogP contribution in [0.1, 0.15) is 88.4 Å². The number of aromatic carboxylic acids is 1. The highest BCUT2D eigenvalue weighted by Crippen LogP contribution is 2.28. The van der Waals surface area contributed by atoms with Crippen molar-refractivity contribution in [1.82, 2.24) is 0 Å². The molecule has 0 aromatic heterocycles. The summed E-state index contributed by atoms with van der Waals surface area (Å²) in [7, 11) is 0. The number of ether oxygens (including phenoxy) is 3. The second-order valence-electron chi connectivity index (χ2n) is 10.4. The molecule has 2 atom stereocenters. The fourth-order valence-electron chi connectivity index (χ4n) is 4.54. The Morgan fingerprint density at radius 3 is 1.88 bits per heavy atom. The van der Waals surface area contributed by atoms with Crippen molar-refractivity contribution in [3.8, 4) is 22.6 Å². The van der Waals surface area contributed by atoms with Crippen LogP contribution in [0.4, 0.5) is 0 Å². The minimum Gasteiger partial charge on any atom is -0.494 e. The van der Waals surface area contributed by atoms with Crippen LogP contribution in [0.15, 0.2) is 78.9 Å². The van der Waals surface area contributed by atoms with Gasteiger partial charge in [0, 0.05) is 0 Å². The molecule has 0 radical (unpaired) electrons. The van der Waals surface area contributed by atoms with Crippen LogP contribution in [0.3, 0.4) is 0 Å². The minimum atomic E-state index is -0.903. The van der Waals surface area contributed by atoms with Crippen molar-refractivity contribution < 1.29 is 24.1 Å². The number of epoxide rings is 1. The molecule has 0 unspecified atom stereocenters. The molecule has 1 fully saturated rings. The number of carboxylic acid groups (broad SMARTS) is 1. The molecule has 1 aliphatic rings. The van der Waals surface area contributed by atoms with Crippen molar-refractivity contribution in [2.75, 3.05) is 13.2 Å². The number of hydrogen-bond acceptors (Lipinski definition) is 4. The maximum atomic E-state index is 10.7. The third-order valence-corrected chi connectivity index (χ3v) is 7.00. The number of hydrogen-bond donors (Lipinski definition) is 1. The smallest absolute Gasteiger partial charge is 0.335 e. The molecule has 40 heavy (non-hydrogen) atoms. The molecule has 1 aliphatic heterocycles. The van der Waals surface area contributed by atoms with E-state index in [0.29, 0.717) is 31.0 Å². The van der Waals surface area contributed by atoms with Gasteiger partial charge in [0.05, 0.1) is 18.3 Å². The average molecular weight is 547 g/mol. The summed E-state index contributed by atoms with van der Waals surface area (Å²) in [4.78, 5) is 10.7. The Morgan fingerprint density at radius 2 is 1.25 bits per heavy atom. The first-order valence-electron chi connectivity index (χ1n) is 15.0. The first kappa shape index (κ1) is 31.2. The van der Waals surface area contributed by atoms with E-state index in [1.165, 1.54) is 62.5 Å². The molecule has 0 amide bonds. The topological polar surface area (TPSA) is 68.3 Å². The molecule has 3 aromatic carbocycles. The van der Waals surface area contributed by atoms with Gasteiger partial charge >= 0.3 is 5.97 Å². The van der Waals surface area contributed by atoms with Crippen LogP contribution in [0, 0.1) is 0 Å². The zero-order valence-electron chi connectivity index (χ0n) is 24.2. The van der Waals surface area contributed by atoms with Gasteiger partial charge in [-0.05, 0) is 60.4 Å². The SMILES string of the molecule is CCCCCCCCCCOc1ccc(C(=O)O)cc1.CCC[C@H]1O[C@@H]1COc1ccc(-c2ccccc2)cc1. The summed E-state index contributed by atoms with van der Waals surface area (Å²) >= 11 is 0. The van der Waals surface area contributed by atoms with E-state index in [1.54, 1.807) is 24.3 Å². The van der Waals surface area contributed by atoms with Crippen LogP contribution in [0.5, 0.6) is 11.5 Å². The lowest BCUT2D eigenvalue weighted by Gasteiger charge is -2.06. The molecule has 5 nitrogen and oxygen atoms in total. The molecule has 0 bridgehead atoms. The quantitative estimate of drug-likeness (QED) is 0.135. The van der Waals surface area contributed by atoms with E-state index in [0.717, 1.165) is 24.3 Å².